The number of ether oxygens (including phenoxy) is 1. The average Bonchev–Trinajstić information content (AvgIpc) is 2.15. The van der Waals surface area contributed by atoms with E-state index in [-0.39, 0.29) is 12.2 Å². The summed E-state index contributed by atoms with van der Waals surface area (Å²) in [6, 6.07) is 7.96. The molecule has 0 aromatic heterocycles. The van der Waals surface area contributed by atoms with Crippen molar-refractivity contribution >= 4 is 0 Å². The molecule has 5 heteroatoms. The van der Waals surface area contributed by atoms with Gasteiger partial charge in [-0.25, -0.2) is 0 Å². The van der Waals surface area contributed by atoms with Crippen LogP contribution >= 0.6 is 0 Å². The largest absolute Gasteiger partial charge is 0.484 e. The van der Waals surface area contributed by atoms with Gasteiger partial charge in [0.05, 0.1) is 12.5 Å². The van der Waals surface area contributed by atoms with E-state index in [9.17, 15) is 13.2 Å². The highest BCUT2D eigenvalue weighted by atomic mass is 19.4. The zero-order valence-electron chi connectivity index (χ0n) is 7.71. The van der Waals surface area contributed by atoms with Gasteiger partial charge >= 0.3 is 6.18 Å². The monoisotopic (exact) mass is 215 g/mol. The topological polar surface area (TPSA) is 33.0 Å². The number of rotatable bonds is 3. The zero-order chi connectivity index (χ0) is 11.3. The maximum absolute atomic E-state index is 11.8. The lowest BCUT2D eigenvalue weighted by atomic mass is 10.2. The van der Waals surface area contributed by atoms with Crippen LogP contribution in [0.4, 0.5) is 13.2 Å². The molecule has 0 atom stereocenters. The minimum absolute atomic E-state index is 0.125. The van der Waals surface area contributed by atoms with E-state index in [1.54, 1.807) is 12.1 Å². The van der Waals surface area contributed by atoms with Crippen LogP contribution in [-0.4, -0.2) is 12.8 Å². The third-order valence-corrected chi connectivity index (χ3v) is 1.58. The molecule has 1 aromatic carbocycles. The van der Waals surface area contributed by atoms with Crippen LogP contribution in [0, 0.1) is 11.3 Å². The Bertz CT molecular complexity index is 368. The second kappa shape index (κ2) is 4.69. The minimum Gasteiger partial charge on any atom is -0.484 e. The molecule has 1 rings (SSSR count). The van der Waals surface area contributed by atoms with Crippen LogP contribution in [0.2, 0.25) is 0 Å². The summed E-state index contributed by atoms with van der Waals surface area (Å²) in [5, 5.41) is 8.40. The van der Waals surface area contributed by atoms with E-state index in [2.05, 4.69) is 4.74 Å². The molecule has 0 aliphatic rings. The highest BCUT2D eigenvalue weighted by molar-refractivity contribution is 5.30. The SMILES string of the molecule is N#CCc1cccc(OCC(F)(F)F)c1. The summed E-state index contributed by atoms with van der Waals surface area (Å²) in [4.78, 5) is 0. The molecule has 0 radical (unpaired) electrons. The Hall–Kier alpha value is -1.70. The van der Waals surface area contributed by atoms with Crippen molar-refractivity contribution in [3.8, 4) is 11.8 Å². The van der Waals surface area contributed by atoms with E-state index in [1.165, 1.54) is 12.1 Å². The van der Waals surface area contributed by atoms with Crippen molar-refractivity contribution in [1.29, 1.82) is 5.26 Å². The van der Waals surface area contributed by atoms with Gasteiger partial charge < -0.3 is 4.74 Å². The van der Waals surface area contributed by atoms with Crippen LogP contribution in [0.15, 0.2) is 24.3 Å². The molecular formula is C10H8F3NO. The van der Waals surface area contributed by atoms with E-state index in [0.29, 0.717) is 5.56 Å². The molecule has 1 aromatic rings. The van der Waals surface area contributed by atoms with E-state index in [1.807, 2.05) is 6.07 Å². The fraction of sp³-hybridized carbons (Fsp3) is 0.300. The van der Waals surface area contributed by atoms with Crippen molar-refractivity contribution in [2.45, 2.75) is 12.6 Å². The van der Waals surface area contributed by atoms with Crippen LogP contribution in [-0.2, 0) is 6.42 Å². The van der Waals surface area contributed by atoms with Crippen molar-refractivity contribution in [2.75, 3.05) is 6.61 Å². The standard InChI is InChI=1S/C10H8F3NO/c11-10(12,13)7-15-9-3-1-2-8(6-9)4-5-14/h1-3,6H,4,7H2. The molecule has 0 heterocycles. The normalized spacial score (nSPS) is 10.8. The Morgan fingerprint density at radius 3 is 2.67 bits per heavy atom. The smallest absolute Gasteiger partial charge is 0.422 e. The predicted octanol–water partition coefficient (Wildman–Crippen LogP) is 2.69. The van der Waals surface area contributed by atoms with Crippen LogP contribution in [0.25, 0.3) is 0 Å². The molecule has 15 heavy (non-hydrogen) atoms. The maximum Gasteiger partial charge on any atom is 0.422 e. The Balaban J connectivity index is 2.62. The summed E-state index contributed by atoms with van der Waals surface area (Å²) >= 11 is 0. The summed E-state index contributed by atoms with van der Waals surface area (Å²) in [5.74, 6) is 0.125. The number of hydrogen-bond acceptors (Lipinski definition) is 2. The Kier molecular flexibility index (Phi) is 3.56. The van der Waals surface area contributed by atoms with Gasteiger partial charge in [-0.15, -0.1) is 0 Å². The van der Waals surface area contributed by atoms with Crippen molar-refractivity contribution in [2.24, 2.45) is 0 Å². The number of alkyl halides is 3. The molecule has 0 unspecified atom stereocenters. The van der Waals surface area contributed by atoms with E-state index >= 15 is 0 Å². The molecule has 0 saturated carbocycles. The lowest BCUT2D eigenvalue weighted by molar-refractivity contribution is -0.153. The van der Waals surface area contributed by atoms with Gasteiger partial charge in [-0.1, -0.05) is 12.1 Å². The highest BCUT2D eigenvalue weighted by Gasteiger charge is 2.28. The van der Waals surface area contributed by atoms with Gasteiger partial charge in [-0.05, 0) is 17.7 Å². The second-order valence-corrected chi connectivity index (χ2v) is 2.89. The first-order chi connectivity index (χ1) is 7.01. The van der Waals surface area contributed by atoms with Gasteiger partial charge in [0.15, 0.2) is 6.61 Å². The average molecular weight is 215 g/mol. The first-order valence-corrected chi connectivity index (χ1v) is 4.17. The molecular weight excluding hydrogens is 207 g/mol. The van der Waals surface area contributed by atoms with Gasteiger partial charge in [-0.3, -0.25) is 0 Å². The number of benzene rings is 1. The summed E-state index contributed by atoms with van der Waals surface area (Å²) < 4.78 is 40.0. The van der Waals surface area contributed by atoms with Gasteiger partial charge in [0.2, 0.25) is 0 Å². The lowest BCUT2D eigenvalue weighted by Crippen LogP contribution is -2.19. The zero-order valence-corrected chi connectivity index (χ0v) is 7.71. The van der Waals surface area contributed by atoms with Gasteiger partial charge in [0.1, 0.15) is 5.75 Å². The molecule has 2 nitrogen and oxygen atoms in total. The van der Waals surface area contributed by atoms with E-state index < -0.39 is 12.8 Å². The molecule has 80 valence electrons. The number of halogens is 3. The van der Waals surface area contributed by atoms with E-state index in [4.69, 9.17) is 5.26 Å². The van der Waals surface area contributed by atoms with Crippen LogP contribution in [0.1, 0.15) is 5.56 Å². The Morgan fingerprint density at radius 2 is 2.07 bits per heavy atom. The van der Waals surface area contributed by atoms with Gasteiger partial charge in [0.25, 0.3) is 0 Å². The summed E-state index contributed by atoms with van der Waals surface area (Å²) in [6.45, 7) is -1.32. The molecule has 0 N–H and O–H groups in total. The first kappa shape index (κ1) is 11.4. The third kappa shape index (κ3) is 4.36. The summed E-state index contributed by atoms with van der Waals surface area (Å²) in [7, 11) is 0. The molecule has 0 saturated heterocycles. The quantitative estimate of drug-likeness (QED) is 0.776. The minimum atomic E-state index is -4.34. The van der Waals surface area contributed by atoms with Crippen molar-refractivity contribution < 1.29 is 17.9 Å². The van der Waals surface area contributed by atoms with E-state index in [0.717, 1.165) is 0 Å². The van der Waals surface area contributed by atoms with Crippen molar-refractivity contribution in [3.05, 3.63) is 29.8 Å². The predicted molar refractivity (Wildman–Crippen MR) is 47.3 cm³/mol. The second-order valence-electron chi connectivity index (χ2n) is 2.89. The fourth-order valence-corrected chi connectivity index (χ4v) is 1.00. The molecule has 0 aliphatic heterocycles. The van der Waals surface area contributed by atoms with Crippen LogP contribution in [0.3, 0.4) is 0 Å². The van der Waals surface area contributed by atoms with Crippen molar-refractivity contribution in [1.82, 2.24) is 0 Å². The molecule has 0 fully saturated rings. The lowest BCUT2D eigenvalue weighted by Gasteiger charge is -2.09. The summed E-state index contributed by atoms with van der Waals surface area (Å²) in [6.07, 6.45) is -4.19. The molecule has 0 aliphatic carbocycles. The van der Waals surface area contributed by atoms with Gasteiger partial charge in [-0.2, -0.15) is 18.4 Å². The maximum atomic E-state index is 11.8. The highest BCUT2D eigenvalue weighted by Crippen LogP contribution is 2.19. The molecule has 0 bridgehead atoms. The van der Waals surface area contributed by atoms with Crippen LogP contribution in [0.5, 0.6) is 5.75 Å². The molecule has 0 amide bonds. The Labute approximate surface area is 84.9 Å². The third-order valence-electron chi connectivity index (χ3n) is 1.58. The fourth-order valence-electron chi connectivity index (χ4n) is 1.00. The number of nitriles is 1. The van der Waals surface area contributed by atoms with Gasteiger partial charge in [0, 0.05) is 0 Å². The number of nitrogens with zero attached hydrogens (tertiary/aromatic N) is 1. The summed E-state index contributed by atoms with van der Waals surface area (Å²) in [5.41, 5.74) is 0.636. The number of hydrogen-bond donors (Lipinski definition) is 0. The first-order valence-electron chi connectivity index (χ1n) is 4.17. The van der Waals surface area contributed by atoms with Crippen LogP contribution < -0.4 is 4.74 Å². The molecule has 0 spiro atoms. The van der Waals surface area contributed by atoms with Crippen molar-refractivity contribution in [3.63, 3.8) is 0 Å². The Morgan fingerprint density at radius 1 is 1.33 bits per heavy atom.